The molecule has 0 aliphatic carbocycles. The van der Waals surface area contributed by atoms with E-state index in [1.807, 2.05) is 26.1 Å². The molecule has 0 spiro atoms. The predicted molar refractivity (Wildman–Crippen MR) is 57.0 cm³/mol. The molecule has 78 valence electrons. The SMILES string of the molecule is CNC(C)c1ccc(S(C)(=O)=O)cc1. The highest BCUT2D eigenvalue weighted by Crippen LogP contribution is 2.15. The first-order valence-electron chi connectivity index (χ1n) is 4.42. The Balaban J connectivity index is 3.01. The van der Waals surface area contributed by atoms with E-state index in [1.54, 1.807) is 12.1 Å². The smallest absolute Gasteiger partial charge is 0.175 e. The lowest BCUT2D eigenvalue weighted by Gasteiger charge is -2.10. The fourth-order valence-electron chi connectivity index (χ4n) is 1.17. The van der Waals surface area contributed by atoms with Crippen LogP contribution in [0.25, 0.3) is 0 Å². The molecule has 0 fully saturated rings. The summed E-state index contributed by atoms with van der Waals surface area (Å²) in [6.45, 7) is 2.02. The van der Waals surface area contributed by atoms with Gasteiger partial charge in [-0.15, -0.1) is 0 Å². The molecule has 0 saturated heterocycles. The molecule has 1 aromatic carbocycles. The molecule has 1 N–H and O–H groups in total. The van der Waals surface area contributed by atoms with Crippen molar-refractivity contribution in [3.8, 4) is 0 Å². The molecule has 0 saturated carbocycles. The highest BCUT2D eigenvalue weighted by Gasteiger charge is 2.07. The third kappa shape index (κ3) is 2.56. The summed E-state index contributed by atoms with van der Waals surface area (Å²) in [4.78, 5) is 0.365. The van der Waals surface area contributed by atoms with Gasteiger partial charge < -0.3 is 5.32 Å². The van der Waals surface area contributed by atoms with Crippen LogP contribution in [0.15, 0.2) is 29.2 Å². The van der Waals surface area contributed by atoms with Crippen LogP contribution in [0.3, 0.4) is 0 Å². The topological polar surface area (TPSA) is 46.2 Å². The van der Waals surface area contributed by atoms with Crippen LogP contribution in [-0.4, -0.2) is 21.7 Å². The van der Waals surface area contributed by atoms with Crippen LogP contribution in [0.1, 0.15) is 18.5 Å². The summed E-state index contributed by atoms with van der Waals surface area (Å²) >= 11 is 0. The van der Waals surface area contributed by atoms with E-state index >= 15 is 0 Å². The minimum atomic E-state index is -3.07. The van der Waals surface area contributed by atoms with Gasteiger partial charge in [0.25, 0.3) is 0 Å². The van der Waals surface area contributed by atoms with Crippen LogP contribution >= 0.6 is 0 Å². The number of benzene rings is 1. The van der Waals surface area contributed by atoms with E-state index in [2.05, 4.69) is 5.32 Å². The second kappa shape index (κ2) is 4.11. The maximum Gasteiger partial charge on any atom is 0.175 e. The molecule has 1 unspecified atom stereocenters. The molecule has 0 aromatic heterocycles. The molecule has 0 bridgehead atoms. The first-order chi connectivity index (χ1) is 6.45. The molecule has 0 amide bonds. The standard InChI is InChI=1S/C10H15NO2S/c1-8(11-2)9-4-6-10(7-5-9)14(3,12)13/h4-8,11H,1-3H3. The van der Waals surface area contributed by atoms with Gasteiger partial charge in [0.15, 0.2) is 9.84 Å². The monoisotopic (exact) mass is 213 g/mol. The Morgan fingerprint density at radius 2 is 1.71 bits per heavy atom. The lowest BCUT2D eigenvalue weighted by atomic mass is 10.1. The van der Waals surface area contributed by atoms with Gasteiger partial charge in [-0.25, -0.2) is 8.42 Å². The first kappa shape index (κ1) is 11.2. The maximum absolute atomic E-state index is 11.2. The van der Waals surface area contributed by atoms with Crippen molar-refractivity contribution in [1.82, 2.24) is 5.32 Å². The van der Waals surface area contributed by atoms with E-state index in [4.69, 9.17) is 0 Å². The number of sulfone groups is 1. The fourth-order valence-corrected chi connectivity index (χ4v) is 1.80. The highest BCUT2D eigenvalue weighted by atomic mass is 32.2. The van der Waals surface area contributed by atoms with Crippen LogP contribution in [0.4, 0.5) is 0 Å². The molecule has 0 heterocycles. The first-order valence-corrected chi connectivity index (χ1v) is 6.31. The molecule has 14 heavy (non-hydrogen) atoms. The molecule has 0 aliphatic heterocycles. The van der Waals surface area contributed by atoms with Gasteiger partial charge in [-0.1, -0.05) is 12.1 Å². The summed E-state index contributed by atoms with van der Waals surface area (Å²) in [6, 6.07) is 7.18. The third-order valence-electron chi connectivity index (χ3n) is 2.24. The van der Waals surface area contributed by atoms with E-state index in [0.29, 0.717) is 4.90 Å². The largest absolute Gasteiger partial charge is 0.313 e. The Labute approximate surface area is 85.1 Å². The summed E-state index contributed by atoms with van der Waals surface area (Å²) < 4.78 is 22.3. The Morgan fingerprint density at radius 3 is 2.07 bits per heavy atom. The van der Waals surface area contributed by atoms with Gasteiger partial charge in [0.1, 0.15) is 0 Å². The molecule has 1 aromatic rings. The van der Waals surface area contributed by atoms with Crippen molar-refractivity contribution in [3.63, 3.8) is 0 Å². The third-order valence-corrected chi connectivity index (χ3v) is 3.37. The van der Waals surface area contributed by atoms with E-state index in [1.165, 1.54) is 6.26 Å². The van der Waals surface area contributed by atoms with Crippen LogP contribution < -0.4 is 5.32 Å². The molecule has 3 nitrogen and oxygen atoms in total. The molecule has 4 heteroatoms. The van der Waals surface area contributed by atoms with Gasteiger partial charge in [-0.3, -0.25) is 0 Å². The Bertz CT molecular complexity index is 395. The van der Waals surface area contributed by atoms with Crippen molar-refractivity contribution in [3.05, 3.63) is 29.8 Å². The number of hydrogen-bond acceptors (Lipinski definition) is 3. The summed E-state index contributed by atoms with van der Waals surface area (Å²) in [5, 5.41) is 3.09. The minimum absolute atomic E-state index is 0.239. The lowest BCUT2D eigenvalue weighted by Crippen LogP contribution is -2.12. The Kier molecular flexibility index (Phi) is 3.29. The number of nitrogens with one attached hydrogen (secondary N) is 1. The highest BCUT2D eigenvalue weighted by molar-refractivity contribution is 7.90. The van der Waals surface area contributed by atoms with E-state index < -0.39 is 9.84 Å². The van der Waals surface area contributed by atoms with Crippen molar-refractivity contribution in [2.75, 3.05) is 13.3 Å². The zero-order chi connectivity index (χ0) is 10.8. The molecule has 0 radical (unpaired) electrons. The molecular weight excluding hydrogens is 198 g/mol. The summed E-state index contributed by atoms with van der Waals surface area (Å²) in [5.74, 6) is 0. The molecule has 1 rings (SSSR count). The van der Waals surface area contributed by atoms with Crippen molar-refractivity contribution in [2.45, 2.75) is 17.9 Å². The number of hydrogen-bond donors (Lipinski definition) is 1. The Morgan fingerprint density at radius 1 is 1.21 bits per heavy atom. The summed E-state index contributed by atoms with van der Waals surface area (Å²) in [6.07, 6.45) is 1.21. The number of rotatable bonds is 3. The van der Waals surface area contributed by atoms with Crippen LogP contribution in [0, 0.1) is 0 Å². The Hall–Kier alpha value is -0.870. The second-order valence-corrected chi connectivity index (χ2v) is 5.37. The van der Waals surface area contributed by atoms with Crippen molar-refractivity contribution < 1.29 is 8.42 Å². The van der Waals surface area contributed by atoms with Crippen molar-refractivity contribution in [1.29, 1.82) is 0 Å². The fraction of sp³-hybridized carbons (Fsp3) is 0.400. The predicted octanol–water partition coefficient (Wildman–Crippen LogP) is 1.37. The quantitative estimate of drug-likeness (QED) is 0.825. The van der Waals surface area contributed by atoms with Crippen LogP contribution in [0.5, 0.6) is 0 Å². The van der Waals surface area contributed by atoms with Gasteiger partial charge in [0.05, 0.1) is 4.90 Å². The second-order valence-electron chi connectivity index (χ2n) is 3.35. The van der Waals surface area contributed by atoms with Gasteiger partial charge in [0, 0.05) is 12.3 Å². The minimum Gasteiger partial charge on any atom is -0.313 e. The van der Waals surface area contributed by atoms with E-state index in [9.17, 15) is 8.42 Å². The maximum atomic E-state index is 11.2. The zero-order valence-corrected chi connectivity index (χ0v) is 9.43. The zero-order valence-electron chi connectivity index (χ0n) is 8.61. The van der Waals surface area contributed by atoms with Crippen molar-refractivity contribution in [2.24, 2.45) is 0 Å². The van der Waals surface area contributed by atoms with E-state index in [-0.39, 0.29) is 6.04 Å². The normalized spacial score (nSPS) is 13.9. The van der Waals surface area contributed by atoms with Crippen LogP contribution in [-0.2, 0) is 9.84 Å². The van der Waals surface area contributed by atoms with Crippen molar-refractivity contribution >= 4 is 9.84 Å². The molecular formula is C10H15NO2S. The van der Waals surface area contributed by atoms with E-state index in [0.717, 1.165) is 5.56 Å². The summed E-state index contributed by atoms with van der Waals surface area (Å²) in [7, 11) is -1.20. The molecule has 0 aliphatic rings. The van der Waals surface area contributed by atoms with Gasteiger partial charge in [-0.2, -0.15) is 0 Å². The average Bonchev–Trinajstić information content (AvgIpc) is 2.15. The van der Waals surface area contributed by atoms with Gasteiger partial charge in [0.2, 0.25) is 0 Å². The summed E-state index contributed by atoms with van der Waals surface area (Å²) in [5.41, 5.74) is 1.08. The van der Waals surface area contributed by atoms with Crippen LogP contribution in [0.2, 0.25) is 0 Å². The lowest BCUT2D eigenvalue weighted by molar-refractivity contribution is 0.601. The molecule has 1 atom stereocenters. The van der Waals surface area contributed by atoms with Gasteiger partial charge in [-0.05, 0) is 31.7 Å². The average molecular weight is 213 g/mol. The van der Waals surface area contributed by atoms with Gasteiger partial charge >= 0.3 is 0 Å².